The van der Waals surface area contributed by atoms with Crippen molar-refractivity contribution in [2.75, 3.05) is 20.1 Å². The first-order valence-electron chi connectivity index (χ1n) is 11.4. The molecule has 32 heavy (non-hydrogen) atoms. The van der Waals surface area contributed by atoms with Gasteiger partial charge in [0.15, 0.2) is 0 Å². The number of nitrogens with one attached hydrogen (secondary N) is 1. The molecule has 3 rings (SSSR count). The van der Waals surface area contributed by atoms with Crippen molar-refractivity contribution in [2.45, 2.75) is 51.7 Å². The largest absolute Gasteiger partial charge is 0.387 e. The number of hydrogen-bond donors (Lipinski definition) is 2. The Morgan fingerprint density at radius 1 is 1.12 bits per heavy atom. The topological polar surface area (TPSA) is 91.6 Å². The summed E-state index contributed by atoms with van der Waals surface area (Å²) in [6, 6.07) is 9.07. The van der Waals surface area contributed by atoms with Crippen molar-refractivity contribution in [3.8, 4) is 0 Å². The minimum atomic E-state index is -0.874. The van der Waals surface area contributed by atoms with Gasteiger partial charge in [-0.25, -0.2) is 0 Å². The molecule has 2 amide bonds. The van der Waals surface area contributed by atoms with Gasteiger partial charge in [0, 0.05) is 32.5 Å². The minimum absolute atomic E-state index is 0.0227. The van der Waals surface area contributed by atoms with E-state index < -0.39 is 23.3 Å². The van der Waals surface area contributed by atoms with Crippen LogP contribution in [0.4, 0.5) is 0 Å². The van der Waals surface area contributed by atoms with Gasteiger partial charge in [0.1, 0.15) is 11.1 Å². The van der Waals surface area contributed by atoms with Crippen LogP contribution >= 0.6 is 0 Å². The van der Waals surface area contributed by atoms with Crippen LogP contribution in [0.2, 0.25) is 0 Å². The normalized spacial score (nSPS) is 15.2. The lowest BCUT2D eigenvalue weighted by Gasteiger charge is -2.24. The molecule has 1 saturated carbocycles. The Bertz CT molecular complexity index is 980. The molecule has 1 aromatic heterocycles. The van der Waals surface area contributed by atoms with Gasteiger partial charge in [-0.2, -0.15) is 0 Å². The zero-order chi connectivity index (χ0) is 23.1. The van der Waals surface area contributed by atoms with Crippen LogP contribution in [0.3, 0.4) is 0 Å². The molecule has 2 aromatic rings. The van der Waals surface area contributed by atoms with Gasteiger partial charge in [0.25, 0.3) is 11.8 Å². The van der Waals surface area contributed by atoms with E-state index in [1.807, 2.05) is 22.8 Å². The van der Waals surface area contributed by atoms with E-state index in [0.29, 0.717) is 24.6 Å². The second kappa shape index (κ2) is 11.1. The number of carbonyl (C=O) groups excluding carboxylic acids is 2. The standard InChI is InChI=1S/C25H33N3O4/c1-3-26-24(31)20-15-28(14-18-10-6-4-7-11-18)16-21(23(20)30)25(32)27(2)17-22(29)19-12-8-5-9-13-19/h5,8-9,12-13,15-16,18,22,29H,3-4,6-7,10-11,14,17H2,1-2H3,(H,26,31)/t22-/m1/s1. The van der Waals surface area contributed by atoms with Gasteiger partial charge in [-0.3, -0.25) is 14.4 Å². The molecule has 1 fully saturated rings. The van der Waals surface area contributed by atoms with E-state index >= 15 is 0 Å². The second-order valence-corrected chi connectivity index (χ2v) is 8.59. The minimum Gasteiger partial charge on any atom is -0.387 e. The molecule has 0 aliphatic heterocycles. The van der Waals surface area contributed by atoms with Crippen LogP contribution in [0.25, 0.3) is 0 Å². The van der Waals surface area contributed by atoms with Crippen molar-refractivity contribution in [1.82, 2.24) is 14.8 Å². The molecule has 1 aliphatic carbocycles. The molecule has 0 spiro atoms. The third kappa shape index (κ3) is 5.85. The molecule has 7 heteroatoms. The number of nitrogens with zero attached hydrogens (tertiary/aromatic N) is 2. The molecule has 1 aromatic carbocycles. The van der Waals surface area contributed by atoms with Crippen LogP contribution in [0.1, 0.15) is 71.4 Å². The molecule has 0 unspecified atom stereocenters. The van der Waals surface area contributed by atoms with Crippen LogP contribution in [0, 0.1) is 5.92 Å². The third-order valence-corrected chi connectivity index (χ3v) is 6.06. The van der Waals surface area contributed by atoms with Crippen LogP contribution in [0.15, 0.2) is 47.5 Å². The summed E-state index contributed by atoms with van der Waals surface area (Å²) in [4.78, 5) is 40.1. The quantitative estimate of drug-likeness (QED) is 0.662. The number of likely N-dealkylation sites (N-methyl/N-ethyl adjacent to an activating group) is 1. The van der Waals surface area contributed by atoms with Gasteiger partial charge in [-0.15, -0.1) is 0 Å². The molecule has 7 nitrogen and oxygen atoms in total. The number of carbonyl (C=O) groups is 2. The van der Waals surface area contributed by atoms with Crippen molar-refractivity contribution in [2.24, 2.45) is 5.92 Å². The van der Waals surface area contributed by atoms with Crippen molar-refractivity contribution < 1.29 is 14.7 Å². The van der Waals surface area contributed by atoms with Gasteiger partial charge in [-0.1, -0.05) is 49.6 Å². The third-order valence-electron chi connectivity index (χ3n) is 6.06. The summed E-state index contributed by atoms with van der Waals surface area (Å²) < 4.78 is 1.82. The Labute approximate surface area is 189 Å². The number of amides is 2. The van der Waals surface area contributed by atoms with Gasteiger partial charge < -0.3 is 19.9 Å². The smallest absolute Gasteiger partial charge is 0.259 e. The van der Waals surface area contributed by atoms with Crippen molar-refractivity contribution in [3.05, 3.63) is 69.6 Å². The molecule has 1 aliphatic rings. The predicted octanol–water partition coefficient (Wildman–Crippen LogP) is 2.98. The van der Waals surface area contributed by atoms with Gasteiger partial charge in [0.05, 0.1) is 12.6 Å². The molecule has 0 radical (unpaired) electrons. The Balaban J connectivity index is 1.87. The lowest BCUT2D eigenvalue weighted by molar-refractivity contribution is 0.0678. The molecule has 1 heterocycles. The van der Waals surface area contributed by atoms with Gasteiger partial charge in [0.2, 0.25) is 5.43 Å². The maximum absolute atomic E-state index is 13.2. The highest BCUT2D eigenvalue weighted by molar-refractivity contribution is 5.99. The first-order valence-corrected chi connectivity index (χ1v) is 11.4. The monoisotopic (exact) mass is 439 g/mol. The first kappa shape index (κ1) is 23.7. The first-order chi connectivity index (χ1) is 15.4. The van der Waals surface area contributed by atoms with E-state index in [9.17, 15) is 19.5 Å². The summed E-state index contributed by atoms with van der Waals surface area (Å²) >= 11 is 0. The van der Waals surface area contributed by atoms with E-state index in [1.165, 1.54) is 24.2 Å². The highest BCUT2D eigenvalue weighted by Gasteiger charge is 2.24. The van der Waals surface area contributed by atoms with Crippen LogP contribution < -0.4 is 10.7 Å². The van der Waals surface area contributed by atoms with E-state index in [4.69, 9.17) is 0 Å². The Morgan fingerprint density at radius 3 is 2.44 bits per heavy atom. The number of aromatic nitrogens is 1. The zero-order valence-electron chi connectivity index (χ0n) is 18.9. The number of rotatable bonds is 8. The number of pyridine rings is 1. The maximum Gasteiger partial charge on any atom is 0.259 e. The predicted molar refractivity (Wildman–Crippen MR) is 124 cm³/mol. The summed E-state index contributed by atoms with van der Waals surface area (Å²) in [7, 11) is 1.55. The summed E-state index contributed by atoms with van der Waals surface area (Å²) in [6.45, 7) is 2.88. The Kier molecular flexibility index (Phi) is 8.22. The zero-order valence-corrected chi connectivity index (χ0v) is 18.9. The average molecular weight is 440 g/mol. The highest BCUT2D eigenvalue weighted by atomic mass is 16.3. The average Bonchev–Trinajstić information content (AvgIpc) is 2.81. The maximum atomic E-state index is 13.2. The highest BCUT2D eigenvalue weighted by Crippen LogP contribution is 2.25. The Morgan fingerprint density at radius 2 is 1.78 bits per heavy atom. The summed E-state index contributed by atoms with van der Waals surface area (Å²) in [5, 5.41) is 13.2. The van der Waals surface area contributed by atoms with Crippen molar-refractivity contribution in [1.29, 1.82) is 0 Å². The molecule has 172 valence electrons. The molecule has 0 saturated heterocycles. The van der Waals surface area contributed by atoms with E-state index in [-0.39, 0.29) is 17.7 Å². The van der Waals surface area contributed by atoms with Crippen LogP contribution in [0.5, 0.6) is 0 Å². The summed E-state index contributed by atoms with van der Waals surface area (Å²) in [5.41, 5.74) is 0.0395. The van der Waals surface area contributed by atoms with Gasteiger partial charge in [-0.05, 0) is 31.2 Å². The lowest BCUT2D eigenvalue weighted by atomic mass is 9.89. The fourth-order valence-electron chi connectivity index (χ4n) is 4.30. The van der Waals surface area contributed by atoms with Gasteiger partial charge >= 0.3 is 0 Å². The fraction of sp³-hybridized carbons (Fsp3) is 0.480. The van der Waals surface area contributed by atoms with Crippen molar-refractivity contribution >= 4 is 11.8 Å². The van der Waals surface area contributed by atoms with Crippen LogP contribution in [-0.4, -0.2) is 46.5 Å². The van der Waals surface area contributed by atoms with E-state index in [2.05, 4.69) is 5.32 Å². The summed E-state index contributed by atoms with van der Waals surface area (Å²) in [6.07, 6.45) is 8.07. The second-order valence-electron chi connectivity index (χ2n) is 8.59. The van der Waals surface area contributed by atoms with E-state index in [1.54, 1.807) is 38.5 Å². The lowest BCUT2D eigenvalue weighted by Crippen LogP contribution is -2.38. The molecular formula is C25H33N3O4. The van der Waals surface area contributed by atoms with Crippen LogP contribution in [-0.2, 0) is 6.54 Å². The Hall–Kier alpha value is -2.93. The molecule has 0 bridgehead atoms. The fourth-order valence-corrected chi connectivity index (χ4v) is 4.30. The molecule has 2 N–H and O–H groups in total. The van der Waals surface area contributed by atoms with Crippen molar-refractivity contribution in [3.63, 3.8) is 0 Å². The number of aliphatic hydroxyl groups excluding tert-OH is 1. The number of aliphatic hydroxyl groups is 1. The van der Waals surface area contributed by atoms with E-state index in [0.717, 1.165) is 12.8 Å². The number of hydrogen-bond acceptors (Lipinski definition) is 4. The number of benzene rings is 1. The molecule has 1 atom stereocenters. The SMILES string of the molecule is CCNC(=O)c1cn(CC2CCCCC2)cc(C(=O)N(C)C[C@@H](O)c2ccccc2)c1=O. The summed E-state index contributed by atoms with van der Waals surface area (Å²) in [5.74, 6) is -0.515. The molecular weight excluding hydrogens is 406 g/mol.